The Bertz CT molecular complexity index is 1020. The molecule has 7 nitrogen and oxygen atoms in total. The van der Waals surface area contributed by atoms with E-state index in [9.17, 15) is 0 Å². The number of aromatic amines is 1. The van der Waals surface area contributed by atoms with Crippen LogP contribution in [0.2, 0.25) is 0 Å². The van der Waals surface area contributed by atoms with E-state index in [0.717, 1.165) is 59.8 Å². The molecule has 3 aromatic heterocycles. The molecule has 0 spiro atoms. The van der Waals surface area contributed by atoms with Crippen molar-refractivity contribution < 1.29 is 0 Å². The molecule has 1 aliphatic heterocycles. The van der Waals surface area contributed by atoms with Crippen molar-refractivity contribution in [1.82, 2.24) is 30.1 Å². The number of nitrogens with zero attached hydrogens (tertiary/aromatic N) is 5. The number of hydrogen-bond acceptors (Lipinski definition) is 5. The lowest BCUT2D eigenvalue weighted by atomic mass is 10.1. The van der Waals surface area contributed by atoms with Crippen LogP contribution < -0.4 is 10.2 Å². The molecule has 0 atom stereocenters. The number of piperazine rings is 1. The van der Waals surface area contributed by atoms with Gasteiger partial charge in [0.25, 0.3) is 0 Å². The largest absolute Gasteiger partial charge is 0.353 e. The van der Waals surface area contributed by atoms with E-state index in [1.165, 1.54) is 0 Å². The predicted molar refractivity (Wildman–Crippen MR) is 108 cm³/mol. The SMILES string of the molecule is Cl.Cl.c1cc2[nH]ncc2cc1-c1cnc2ccc(N3CCNCC3)nn12. The van der Waals surface area contributed by atoms with Gasteiger partial charge in [0.2, 0.25) is 0 Å². The first-order valence-electron chi connectivity index (χ1n) is 8.12. The summed E-state index contributed by atoms with van der Waals surface area (Å²) in [7, 11) is 0. The second-order valence-corrected chi connectivity index (χ2v) is 6.01. The smallest absolute Gasteiger partial charge is 0.154 e. The number of rotatable bonds is 2. The summed E-state index contributed by atoms with van der Waals surface area (Å²) in [5.74, 6) is 0.993. The zero-order valence-electron chi connectivity index (χ0n) is 13.9. The molecule has 4 heterocycles. The van der Waals surface area contributed by atoms with Crippen LogP contribution in [-0.2, 0) is 0 Å². The Labute approximate surface area is 162 Å². The summed E-state index contributed by atoms with van der Waals surface area (Å²) >= 11 is 0. The molecule has 1 saturated heterocycles. The number of fused-ring (bicyclic) bond motifs is 2. The first-order valence-corrected chi connectivity index (χ1v) is 8.12. The Morgan fingerprint density at radius 1 is 0.962 bits per heavy atom. The topological polar surface area (TPSA) is 74.1 Å². The summed E-state index contributed by atoms with van der Waals surface area (Å²) in [6.45, 7) is 3.94. The van der Waals surface area contributed by atoms with Crippen molar-refractivity contribution in [3.05, 3.63) is 42.7 Å². The number of imidazole rings is 1. The molecule has 136 valence electrons. The molecule has 0 saturated carbocycles. The van der Waals surface area contributed by atoms with Crippen molar-refractivity contribution in [2.75, 3.05) is 31.1 Å². The quantitative estimate of drug-likeness (QED) is 0.549. The average Bonchev–Trinajstić information content (AvgIpc) is 3.27. The number of nitrogens with one attached hydrogen (secondary N) is 2. The highest BCUT2D eigenvalue weighted by atomic mass is 35.5. The van der Waals surface area contributed by atoms with Gasteiger partial charge in [0.15, 0.2) is 5.65 Å². The van der Waals surface area contributed by atoms with Crippen molar-refractivity contribution in [2.24, 2.45) is 0 Å². The molecule has 5 rings (SSSR count). The fraction of sp³-hybridized carbons (Fsp3) is 0.235. The fourth-order valence-electron chi connectivity index (χ4n) is 3.23. The summed E-state index contributed by atoms with van der Waals surface area (Å²) in [5, 5.41) is 16.4. The van der Waals surface area contributed by atoms with Crippen molar-refractivity contribution in [1.29, 1.82) is 0 Å². The molecule has 1 fully saturated rings. The second-order valence-electron chi connectivity index (χ2n) is 6.01. The highest BCUT2D eigenvalue weighted by Gasteiger charge is 2.14. The van der Waals surface area contributed by atoms with Gasteiger partial charge in [0.05, 0.1) is 23.6 Å². The first kappa shape index (κ1) is 18.4. The summed E-state index contributed by atoms with van der Waals surface area (Å²) < 4.78 is 1.93. The van der Waals surface area contributed by atoms with E-state index in [0.29, 0.717) is 0 Å². The van der Waals surface area contributed by atoms with E-state index in [-0.39, 0.29) is 24.8 Å². The standard InChI is InChI=1S/C17H17N7.2ClH/c1-2-14-13(10-20-21-14)9-12(1)15-11-19-16-3-4-17(22-24(15)16)23-7-5-18-6-8-23;;/h1-4,9-11,18H,5-8H2,(H,20,21);2*1H. The zero-order chi connectivity index (χ0) is 15.9. The monoisotopic (exact) mass is 391 g/mol. The van der Waals surface area contributed by atoms with Crippen LogP contribution in [0.1, 0.15) is 0 Å². The summed E-state index contributed by atoms with van der Waals surface area (Å²) in [5.41, 5.74) is 3.96. The van der Waals surface area contributed by atoms with Crippen LogP contribution in [0.25, 0.3) is 27.8 Å². The van der Waals surface area contributed by atoms with Gasteiger partial charge in [-0.1, -0.05) is 6.07 Å². The Morgan fingerprint density at radius 3 is 2.65 bits per heavy atom. The van der Waals surface area contributed by atoms with Crippen LogP contribution in [-0.4, -0.2) is 51.0 Å². The minimum absolute atomic E-state index is 0. The highest BCUT2D eigenvalue weighted by molar-refractivity contribution is 5.85. The molecule has 0 bridgehead atoms. The van der Waals surface area contributed by atoms with E-state index in [4.69, 9.17) is 5.10 Å². The van der Waals surface area contributed by atoms with Gasteiger partial charge in [-0.05, 0) is 24.3 Å². The summed E-state index contributed by atoms with van der Waals surface area (Å²) in [6, 6.07) is 10.3. The van der Waals surface area contributed by atoms with Crippen LogP contribution in [0, 0.1) is 0 Å². The molecule has 0 aliphatic carbocycles. The molecular weight excluding hydrogens is 373 g/mol. The number of hydrogen-bond donors (Lipinski definition) is 2. The summed E-state index contributed by atoms with van der Waals surface area (Å²) in [4.78, 5) is 6.80. The molecule has 1 aromatic carbocycles. The zero-order valence-corrected chi connectivity index (χ0v) is 15.6. The van der Waals surface area contributed by atoms with Crippen molar-refractivity contribution in [2.45, 2.75) is 0 Å². The third-order valence-electron chi connectivity index (χ3n) is 4.53. The van der Waals surface area contributed by atoms with E-state index in [2.05, 4.69) is 43.6 Å². The minimum Gasteiger partial charge on any atom is -0.353 e. The number of anilines is 1. The molecule has 2 N–H and O–H groups in total. The normalized spacial score (nSPS) is 14.2. The lowest BCUT2D eigenvalue weighted by Gasteiger charge is -2.28. The van der Waals surface area contributed by atoms with Crippen LogP contribution >= 0.6 is 24.8 Å². The number of aromatic nitrogens is 5. The van der Waals surface area contributed by atoms with E-state index >= 15 is 0 Å². The average molecular weight is 392 g/mol. The van der Waals surface area contributed by atoms with Crippen molar-refractivity contribution in [3.63, 3.8) is 0 Å². The van der Waals surface area contributed by atoms with Gasteiger partial charge in [0.1, 0.15) is 5.82 Å². The maximum absolute atomic E-state index is 4.83. The van der Waals surface area contributed by atoms with Gasteiger partial charge in [-0.2, -0.15) is 5.10 Å². The number of benzene rings is 1. The molecule has 0 amide bonds. The predicted octanol–water partition coefficient (Wildman–Crippen LogP) is 2.53. The van der Waals surface area contributed by atoms with Crippen molar-refractivity contribution >= 4 is 47.2 Å². The molecule has 0 radical (unpaired) electrons. The molecule has 9 heteroatoms. The molecular formula is C17H19Cl2N7. The fourth-order valence-corrected chi connectivity index (χ4v) is 3.23. The van der Waals surface area contributed by atoms with Crippen LogP contribution in [0.3, 0.4) is 0 Å². The third-order valence-corrected chi connectivity index (χ3v) is 4.53. The van der Waals surface area contributed by atoms with Gasteiger partial charge in [-0.25, -0.2) is 9.50 Å². The lowest BCUT2D eigenvalue weighted by Crippen LogP contribution is -2.44. The lowest BCUT2D eigenvalue weighted by molar-refractivity contribution is 0.582. The van der Waals surface area contributed by atoms with E-state index < -0.39 is 0 Å². The van der Waals surface area contributed by atoms with Crippen LogP contribution in [0.5, 0.6) is 0 Å². The summed E-state index contributed by atoms with van der Waals surface area (Å²) in [6.07, 6.45) is 3.72. The van der Waals surface area contributed by atoms with Crippen LogP contribution in [0.15, 0.2) is 42.7 Å². The van der Waals surface area contributed by atoms with E-state index in [1.807, 2.05) is 29.0 Å². The molecule has 1 aliphatic rings. The van der Waals surface area contributed by atoms with Gasteiger partial charge in [-0.3, -0.25) is 5.10 Å². The Kier molecular flexibility index (Phi) is 5.31. The second kappa shape index (κ2) is 7.49. The van der Waals surface area contributed by atoms with Gasteiger partial charge in [-0.15, -0.1) is 29.9 Å². The maximum atomic E-state index is 4.83. The number of H-pyrrole nitrogens is 1. The van der Waals surface area contributed by atoms with Gasteiger partial charge < -0.3 is 10.2 Å². The Morgan fingerprint density at radius 2 is 1.81 bits per heavy atom. The first-order chi connectivity index (χ1) is 11.9. The van der Waals surface area contributed by atoms with E-state index in [1.54, 1.807) is 0 Å². The molecule has 26 heavy (non-hydrogen) atoms. The van der Waals surface area contributed by atoms with Crippen LogP contribution in [0.4, 0.5) is 5.82 Å². The molecule has 0 unspecified atom stereocenters. The Hall–Kier alpha value is -2.35. The molecule has 4 aromatic rings. The van der Waals surface area contributed by atoms with Gasteiger partial charge >= 0.3 is 0 Å². The minimum atomic E-state index is 0. The highest BCUT2D eigenvalue weighted by Crippen LogP contribution is 2.25. The van der Waals surface area contributed by atoms with Crippen molar-refractivity contribution in [3.8, 4) is 11.3 Å². The number of halogens is 2. The Balaban J connectivity index is 0.000000980. The maximum Gasteiger partial charge on any atom is 0.154 e. The third kappa shape index (κ3) is 3.09. The van der Waals surface area contributed by atoms with Gasteiger partial charge in [0, 0.05) is 37.1 Å².